The Hall–Kier alpha value is -2.10. The van der Waals surface area contributed by atoms with Crippen molar-refractivity contribution in [3.05, 3.63) is 51.6 Å². The molecule has 3 rings (SSSR count). The summed E-state index contributed by atoms with van der Waals surface area (Å²) in [4.78, 5) is 18.8. The third-order valence-electron chi connectivity index (χ3n) is 4.04. The van der Waals surface area contributed by atoms with Crippen molar-refractivity contribution in [2.75, 3.05) is 32.8 Å². The minimum atomic E-state index is -0.203. The molecular weight excluding hydrogens is 373 g/mol. The molecule has 0 radical (unpaired) electrons. The number of nitrogens with zero attached hydrogens (tertiary/aromatic N) is 2. The third kappa shape index (κ3) is 4.17. The number of carbonyl (C=O) groups is 1. The number of aliphatic hydroxyl groups excluding tert-OH is 1. The topological polar surface area (TPSA) is 65.5 Å². The van der Waals surface area contributed by atoms with Crippen LogP contribution >= 0.6 is 23.2 Å². The van der Waals surface area contributed by atoms with Crippen molar-refractivity contribution < 1.29 is 9.90 Å². The molecule has 0 atom stereocenters. The van der Waals surface area contributed by atoms with Gasteiger partial charge in [0.15, 0.2) is 0 Å². The van der Waals surface area contributed by atoms with Gasteiger partial charge in [0.2, 0.25) is 0 Å². The minimum absolute atomic E-state index is 0.118. The average molecular weight is 390 g/mol. The Bertz CT molecular complexity index is 867. The maximum absolute atomic E-state index is 12.7. The number of carbonyl (C=O) groups excluding carboxylic acids is 1. The third-order valence-corrected chi connectivity index (χ3v) is 4.67. The Morgan fingerprint density at radius 2 is 2.00 bits per heavy atom. The molecule has 1 aliphatic rings. The first-order chi connectivity index (χ1) is 12.6. The van der Waals surface area contributed by atoms with Gasteiger partial charge in [-0.2, -0.15) is 0 Å². The summed E-state index contributed by atoms with van der Waals surface area (Å²) in [6, 6.07) is 6.83. The zero-order valence-corrected chi connectivity index (χ0v) is 15.4. The molecule has 2 aromatic rings. The van der Waals surface area contributed by atoms with Crippen LogP contribution in [0.1, 0.15) is 15.9 Å². The van der Waals surface area contributed by atoms with Crippen molar-refractivity contribution in [3.63, 3.8) is 0 Å². The second kappa shape index (κ2) is 8.52. The Kier molecular flexibility index (Phi) is 6.12. The molecule has 1 saturated heterocycles. The summed E-state index contributed by atoms with van der Waals surface area (Å²) >= 11 is 12.8. The van der Waals surface area contributed by atoms with Gasteiger partial charge < -0.3 is 15.3 Å². The molecule has 1 aromatic carbocycles. The summed E-state index contributed by atoms with van der Waals surface area (Å²) in [5, 5.41) is 12.7. The molecule has 1 amide bonds. The number of rotatable bonds is 2. The van der Waals surface area contributed by atoms with Gasteiger partial charge in [-0.3, -0.25) is 9.78 Å². The molecule has 1 aromatic heterocycles. The van der Waals surface area contributed by atoms with E-state index in [9.17, 15) is 4.79 Å². The number of halogens is 2. The van der Waals surface area contributed by atoms with Gasteiger partial charge in [0.05, 0.1) is 21.3 Å². The van der Waals surface area contributed by atoms with Crippen LogP contribution < -0.4 is 5.32 Å². The fraction of sp³-hybridized carbons (Fsp3) is 0.263. The van der Waals surface area contributed by atoms with Crippen LogP contribution in [-0.2, 0) is 0 Å². The van der Waals surface area contributed by atoms with E-state index in [0.717, 1.165) is 13.1 Å². The molecule has 134 valence electrons. The van der Waals surface area contributed by atoms with Gasteiger partial charge in [-0.1, -0.05) is 35.0 Å². The monoisotopic (exact) mass is 389 g/mol. The average Bonchev–Trinajstić information content (AvgIpc) is 2.68. The largest absolute Gasteiger partial charge is 0.384 e. The van der Waals surface area contributed by atoms with Crippen molar-refractivity contribution in [2.45, 2.75) is 0 Å². The van der Waals surface area contributed by atoms with Crippen LogP contribution in [-0.4, -0.2) is 53.7 Å². The smallest absolute Gasteiger partial charge is 0.255 e. The molecule has 5 nitrogen and oxygen atoms in total. The van der Waals surface area contributed by atoms with Crippen LogP contribution in [0.3, 0.4) is 0 Å². The predicted molar refractivity (Wildman–Crippen MR) is 102 cm³/mol. The summed E-state index contributed by atoms with van der Waals surface area (Å²) in [7, 11) is 0. The Morgan fingerprint density at radius 3 is 2.65 bits per heavy atom. The summed E-state index contributed by atoms with van der Waals surface area (Å²) in [6.45, 7) is 2.62. The fourth-order valence-electron chi connectivity index (χ4n) is 2.71. The van der Waals surface area contributed by atoms with Crippen LogP contribution in [0.15, 0.2) is 30.5 Å². The molecule has 0 saturated carbocycles. The number of piperazine rings is 1. The molecule has 0 spiro atoms. The highest BCUT2D eigenvalue weighted by molar-refractivity contribution is 6.37. The van der Waals surface area contributed by atoms with E-state index in [1.165, 1.54) is 0 Å². The highest BCUT2D eigenvalue weighted by Gasteiger charge is 2.22. The molecule has 0 bridgehead atoms. The molecule has 0 unspecified atom stereocenters. The summed E-state index contributed by atoms with van der Waals surface area (Å²) < 4.78 is 0. The zero-order chi connectivity index (χ0) is 18.5. The Labute approximate surface area is 161 Å². The van der Waals surface area contributed by atoms with Crippen molar-refractivity contribution in [1.29, 1.82) is 0 Å². The molecular formula is C19H17Cl2N3O2. The fourth-order valence-corrected chi connectivity index (χ4v) is 3.22. The van der Waals surface area contributed by atoms with Crippen molar-refractivity contribution in [3.8, 4) is 23.1 Å². The standard InChI is InChI=1S/C19H17Cl2N3O2/c20-16-11-15(19(26)24-7-5-22-6-8-24)17(21)10-14(16)18-4-3-13(12-23-18)2-1-9-25/h3-4,10-12,22,25H,5-9H2. The Morgan fingerprint density at radius 1 is 1.23 bits per heavy atom. The van der Waals surface area contributed by atoms with E-state index in [-0.39, 0.29) is 12.5 Å². The van der Waals surface area contributed by atoms with Crippen LogP contribution in [0, 0.1) is 11.8 Å². The van der Waals surface area contributed by atoms with E-state index in [4.69, 9.17) is 28.3 Å². The van der Waals surface area contributed by atoms with Gasteiger partial charge in [-0.15, -0.1) is 0 Å². The van der Waals surface area contributed by atoms with Gasteiger partial charge in [0.1, 0.15) is 6.61 Å². The number of amides is 1. The SMILES string of the molecule is O=C(c1cc(Cl)c(-c2ccc(C#CCO)cn2)cc1Cl)N1CCNCC1. The van der Waals surface area contributed by atoms with E-state index in [1.54, 1.807) is 35.4 Å². The first-order valence-electron chi connectivity index (χ1n) is 8.15. The zero-order valence-electron chi connectivity index (χ0n) is 13.9. The second-order valence-corrected chi connectivity index (χ2v) is 6.56. The number of nitrogens with one attached hydrogen (secondary N) is 1. The lowest BCUT2D eigenvalue weighted by atomic mass is 10.1. The van der Waals surface area contributed by atoms with E-state index < -0.39 is 0 Å². The highest BCUT2D eigenvalue weighted by Crippen LogP contribution is 2.32. The summed E-state index contributed by atoms with van der Waals surface area (Å²) in [5.74, 6) is 5.23. The van der Waals surface area contributed by atoms with E-state index in [2.05, 4.69) is 22.1 Å². The van der Waals surface area contributed by atoms with Crippen molar-refractivity contribution in [1.82, 2.24) is 15.2 Å². The predicted octanol–water partition coefficient (Wildman–Crippen LogP) is 2.44. The first kappa shape index (κ1) is 18.7. The molecule has 26 heavy (non-hydrogen) atoms. The number of aliphatic hydroxyl groups is 1. The maximum Gasteiger partial charge on any atom is 0.255 e. The van der Waals surface area contributed by atoms with Gasteiger partial charge in [0, 0.05) is 43.5 Å². The van der Waals surface area contributed by atoms with E-state index in [1.807, 2.05) is 0 Å². The lowest BCUT2D eigenvalue weighted by Crippen LogP contribution is -2.46. The van der Waals surface area contributed by atoms with Crippen molar-refractivity contribution in [2.24, 2.45) is 0 Å². The van der Waals surface area contributed by atoms with Gasteiger partial charge >= 0.3 is 0 Å². The molecule has 1 fully saturated rings. The van der Waals surface area contributed by atoms with Gasteiger partial charge in [-0.25, -0.2) is 0 Å². The normalized spacial score (nSPS) is 13.9. The number of aromatic nitrogens is 1. The number of pyridine rings is 1. The van der Waals surface area contributed by atoms with Crippen molar-refractivity contribution >= 4 is 29.1 Å². The van der Waals surface area contributed by atoms with E-state index in [0.29, 0.717) is 45.5 Å². The van der Waals surface area contributed by atoms with E-state index >= 15 is 0 Å². The van der Waals surface area contributed by atoms with Crippen LogP contribution in [0.2, 0.25) is 10.0 Å². The van der Waals surface area contributed by atoms with Crippen LogP contribution in [0.4, 0.5) is 0 Å². The summed E-state index contributed by atoms with van der Waals surface area (Å²) in [5.41, 5.74) is 2.37. The number of hydrogen-bond donors (Lipinski definition) is 2. The van der Waals surface area contributed by atoms with Crippen LogP contribution in [0.25, 0.3) is 11.3 Å². The summed E-state index contributed by atoms with van der Waals surface area (Å²) in [6.07, 6.45) is 1.60. The molecule has 7 heteroatoms. The van der Waals surface area contributed by atoms with Gasteiger partial charge in [-0.05, 0) is 24.3 Å². The molecule has 1 aliphatic heterocycles. The van der Waals surface area contributed by atoms with Crippen LogP contribution in [0.5, 0.6) is 0 Å². The quantitative estimate of drug-likeness (QED) is 0.774. The maximum atomic E-state index is 12.7. The minimum Gasteiger partial charge on any atom is -0.384 e. The molecule has 0 aliphatic carbocycles. The lowest BCUT2D eigenvalue weighted by molar-refractivity contribution is 0.0736. The first-order valence-corrected chi connectivity index (χ1v) is 8.91. The lowest BCUT2D eigenvalue weighted by Gasteiger charge is -2.28. The number of benzene rings is 1. The number of hydrogen-bond acceptors (Lipinski definition) is 4. The molecule has 2 heterocycles. The second-order valence-electron chi connectivity index (χ2n) is 5.75. The molecule has 2 N–H and O–H groups in total. The highest BCUT2D eigenvalue weighted by atomic mass is 35.5. The Balaban J connectivity index is 1.88. The van der Waals surface area contributed by atoms with Gasteiger partial charge in [0.25, 0.3) is 5.91 Å².